The molecule has 0 aliphatic heterocycles. The van der Waals surface area contributed by atoms with Gasteiger partial charge in [-0.3, -0.25) is 13.9 Å². The molecule has 1 aliphatic carbocycles. The zero-order chi connectivity index (χ0) is 25.6. The van der Waals surface area contributed by atoms with Gasteiger partial charge in [-0.05, 0) is 49.6 Å². The van der Waals surface area contributed by atoms with Gasteiger partial charge in [0.25, 0.3) is 0 Å². The summed E-state index contributed by atoms with van der Waals surface area (Å²) in [5, 5.41) is 3.05. The molecule has 0 bridgehead atoms. The molecule has 190 valence electrons. The van der Waals surface area contributed by atoms with Crippen LogP contribution in [0.5, 0.6) is 5.75 Å². The van der Waals surface area contributed by atoms with E-state index in [4.69, 9.17) is 4.74 Å². The number of nitrogens with zero attached hydrogens (tertiary/aromatic N) is 2. The van der Waals surface area contributed by atoms with Crippen LogP contribution in [-0.2, 0) is 26.2 Å². The van der Waals surface area contributed by atoms with E-state index >= 15 is 0 Å². The molecule has 10 heteroatoms. The van der Waals surface area contributed by atoms with Gasteiger partial charge >= 0.3 is 0 Å². The fraction of sp³-hybridized carbons (Fsp3) is 0.440. The van der Waals surface area contributed by atoms with Gasteiger partial charge < -0.3 is 15.0 Å². The van der Waals surface area contributed by atoms with E-state index in [0.717, 1.165) is 46.3 Å². The maximum absolute atomic E-state index is 13.6. The first kappa shape index (κ1) is 27.0. The number of rotatable bonds is 10. The number of nitrogens with one attached hydrogen (secondary N) is 1. The third kappa shape index (κ3) is 7.44. The Morgan fingerprint density at radius 3 is 2.46 bits per heavy atom. The van der Waals surface area contributed by atoms with Crippen molar-refractivity contribution in [2.24, 2.45) is 0 Å². The molecule has 2 aromatic carbocycles. The number of hydrogen-bond donors (Lipinski definition) is 1. The van der Waals surface area contributed by atoms with E-state index in [1.54, 1.807) is 31.2 Å². The predicted octanol–water partition coefficient (Wildman–Crippen LogP) is 3.70. The van der Waals surface area contributed by atoms with Crippen molar-refractivity contribution in [3.63, 3.8) is 0 Å². The summed E-state index contributed by atoms with van der Waals surface area (Å²) < 4.78 is 32.4. The van der Waals surface area contributed by atoms with Crippen molar-refractivity contribution in [2.45, 2.75) is 51.2 Å². The second kappa shape index (κ2) is 11.9. The number of methoxy groups -OCH3 is 1. The first-order valence-corrected chi connectivity index (χ1v) is 14.2. The first-order chi connectivity index (χ1) is 16.6. The van der Waals surface area contributed by atoms with E-state index in [9.17, 15) is 18.0 Å². The Morgan fingerprint density at radius 1 is 1.14 bits per heavy atom. The summed E-state index contributed by atoms with van der Waals surface area (Å²) in [6, 6.07) is 13.3. The average molecular weight is 567 g/mol. The monoisotopic (exact) mass is 565 g/mol. The van der Waals surface area contributed by atoms with Gasteiger partial charge in [0.1, 0.15) is 18.3 Å². The lowest BCUT2D eigenvalue weighted by Gasteiger charge is -2.32. The van der Waals surface area contributed by atoms with E-state index < -0.39 is 28.5 Å². The fourth-order valence-electron chi connectivity index (χ4n) is 4.19. The minimum atomic E-state index is -3.79. The van der Waals surface area contributed by atoms with Gasteiger partial charge in [0.15, 0.2) is 0 Å². The maximum atomic E-state index is 13.6. The zero-order valence-corrected chi connectivity index (χ0v) is 22.6. The largest absolute Gasteiger partial charge is 0.497 e. The van der Waals surface area contributed by atoms with Gasteiger partial charge in [-0.1, -0.05) is 47.0 Å². The number of ether oxygens (including phenoxy) is 1. The SMILES string of the molecule is COc1cccc(N(CC(=O)N(Cc2cccc(Br)c2)[C@@H](C)C(=O)NC2CCCC2)S(C)(=O)=O)c1. The van der Waals surface area contributed by atoms with Gasteiger partial charge in [-0.2, -0.15) is 0 Å². The first-order valence-electron chi connectivity index (χ1n) is 11.5. The second-order valence-electron chi connectivity index (χ2n) is 8.79. The number of halogens is 1. The van der Waals surface area contributed by atoms with Crippen molar-refractivity contribution in [1.82, 2.24) is 10.2 Å². The summed E-state index contributed by atoms with van der Waals surface area (Å²) in [6.45, 7) is 1.39. The van der Waals surface area contributed by atoms with Crippen LogP contribution in [0.2, 0.25) is 0 Å². The van der Waals surface area contributed by atoms with Crippen molar-refractivity contribution in [2.75, 3.05) is 24.2 Å². The van der Waals surface area contributed by atoms with Crippen LogP contribution in [0.25, 0.3) is 0 Å². The van der Waals surface area contributed by atoms with Crippen LogP contribution in [0.15, 0.2) is 53.0 Å². The van der Waals surface area contributed by atoms with Crippen molar-refractivity contribution >= 4 is 43.5 Å². The number of hydrogen-bond acceptors (Lipinski definition) is 5. The molecular weight excluding hydrogens is 534 g/mol. The number of carbonyl (C=O) groups is 2. The quantitative estimate of drug-likeness (QED) is 0.473. The predicted molar refractivity (Wildman–Crippen MR) is 140 cm³/mol. The van der Waals surface area contributed by atoms with Crippen molar-refractivity contribution in [3.05, 3.63) is 58.6 Å². The fourth-order valence-corrected chi connectivity index (χ4v) is 5.47. The Morgan fingerprint density at radius 2 is 1.83 bits per heavy atom. The van der Waals surface area contributed by atoms with Crippen LogP contribution in [0.1, 0.15) is 38.2 Å². The van der Waals surface area contributed by atoms with Gasteiger partial charge in [0.05, 0.1) is 19.1 Å². The van der Waals surface area contributed by atoms with Gasteiger partial charge in [-0.15, -0.1) is 0 Å². The highest BCUT2D eigenvalue weighted by molar-refractivity contribution is 9.10. The summed E-state index contributed by atoms with van der Waals surface area (Å²) in [5.74, 6) is -0.251. The summed E-state index contributed by atoms with van der Waals surface area (Å²) in [4.78, 5) is 28.1. The van der Waals surface area contributed by atoms with E-state index in [1.807, 2.05) is 24.3 Å². The molecule has 2 aromatic rings. The molecule has 1 aliphatic rings. The highest BCUT2D eigenvalue weighted by Gasteiger charge is 2.31. The Hall–Kier alpha value is -2.59. The van der Waals surface area contributed by atoms with Crippen molar-refractivity contribution in [1.29, 1.82) is 0 Å². The normalized spacial score (nSPS) is 14.9. The molecule has 0 heterocycles. The molecule has 0 aromatic heterocycles. The zero-order valence-electron chi connectivity index (χ0n) is 20.2. The Balaban J connectivity index is 1.89. The Kier molecular flexibility index (Phi) is 9.18. The van der Waals surface area contributed by atoms with Gasteiger partial charge in [0.2, 0.25) is 21.8 Å². The summed E-state index contributed by atoms with van der Waals surface area (Å²) in [5.41, 5.74) is 1.13. The van der Waals surface area contributed by atoms with Crippen LogP contribution >= 0.6 is 15.9 Å². The molecule has 0 radical (unpaired) electrons. The molecule has 8 nitrogen and oxygen atoms in total. The smallest absolute Gasteiger partial charge is 0.244 e. The van der Waals surface area contributed by atoms with E-state index in [2.05, 4.69) is 21.2 Å². The maximum Gasteiger partial charge on any atom is 0.244 e. The lowest BCUT2D eigenvalue weighted by molar-refractivity contribution is -0.139. The molecule has 3 rings (SSSR count). The van der Waals surface area contributed by atoms with Crippen LogP contribution < -0.4 is 14.4 Å². The molecular formula is C25H32BrN3O5S. The number of sulfonamides is 1. The molecule has 0 saturated heterocycles. The van der Waals surface area contributed by atoms with Crippen LogP contribution in [0.4, 0.5) is 5.69 Å². The Bertz CT molecular complexity index is 1150. The van der Waals surface area contributed by atoms with Gasteiger partial charge in [-0.25, -0.2) is 8.42 Å². The lowest BCUT2D eigenvalue weighted by Crippen LogP contribution is -2.52. The lowest BCUT2D eigenvalue weighted by atomic mass is 10.1. The van der Waals surface area contributed by atoms with Gasteiger partial charge in [0, 0.05) is 23.1 Å². The van der Waals surface area contributed by atoms with Crippen LogP contribution in [-0.4, -0.2) is 57.1 Å². The molecule has 0 spiro atoms. The number of carbonyl (C=O) groups excluding carboxylic acids is 2. The molecule has 0 unspecified atom stereocenters. The molecule has 1 atom stereocenters. The third-order valence-electron chi connectivity index (χ3n) is 6.13. The summed E-state index contributed by atoms with van der Waals surface area (Å²) in [7, 11) is -2.31. The number of anilines is 1. The van der Waals surface area contributed by atoms with E-state index in [0.29, 0.717) is 11.4 Å². The van der Waals surface area contributed by atoms with E-state index in [-0.39, 0.29) is 18.5 Å². The summed E-state index contributed by atoms with van der Waals surface area (Å²) >= 11 is 3.44. The minimum absolute atomic E-state index is 0.108. The van der Waals surface area contributed by atoms with Crippen molar-refractivity contribution in [3.8, 4) is 5.75 Å². The number of benzene rings is 2. The highest BCUT2D eigenvalue weighted by Crippen LogP contribution is 2.24. The van der Waals surface area contributed by atoms with Crippen molar-refractivity contribution < 1.29 is 22.7 Å². The molecule has 1 saturated carbocycles. The second-order valence-corrected chi connectivity index (χ2v) is 11.6. The number of amides is 2. The third-order valence-corrected chi connectivity index (χ3v) is 7.77. The highest BCUT2D eigenvalue weighted by atomic mass is 79.9. The molecule has 2 amide bonds. The topological polar surface area (TPSA) is 96.0 Å². The molecule has 1 N–H and O–H groups in total. The van der Waals surface area contributed by atoms with Crippen LogP contribution in [0.3, 0.4) is 0 Å². The standard InChI is InChI=1S/C25H32BrN3O5S/c1-18(25(31)27-21-10-4-5-11-21)28(16-19-8-6-9-20(26)14-19)24(30)17-29(35(3,32)33)22-12-7-13-23(15-22)34-2/h6-9,12-15,18,21H,4-5,10-11,16-17H2,1-3H3,(H,27,31)/t18-/m0/s1. The molecule has 1 fully saturated rings. The van der Waals surface area contributed by atoms with Crippen LogP contribution in [0, 0.1) is 0 Å². The summed E-state index contributed by atoms with van der Waals surface area (Å²) in [6.07, 6.45) is 5.05. The Labute approximate surface area is 215 Å². The average Bonchev–Trinajstić information content (AvgIpc) is 3.32. The minimum Gasteiger partial charge on any atom is -0.497 e. The molecule has 35 heavy (non-hydrogen) atoms. The van der Waals surface area contributed by atoms with E-state index in [1.165, 1.54) is 12.0 Å².